The monoisotopic (exact) mass is 377 g/mol. The van der Waals surface area contributed by atoms with Gasteiger partial charge in [-0.25, -0.2) is 0 Å². The number of nitrogens with one attached hydrogen (secondary N) is 1. The highest BCUT2D eigenvalue weighted by molar-refractivity contribution is 7.99. The largest absolute Gasteiger partial charge is 0.618 e. The highest BCUT2D eigenvalue weighted by Crippen LogP contribution is 2.34. The normalized spacial score (nSPS) is 12.7. The van der Waals surface area contributed by atoms with Gasteiger partial charge in [0.1, 0.15) is 0 Å². The maximum atomic E-state index is 12.1. The number of rotatable bonds is 5. The van der Waals surface area contributed by atoms with Crippen LogP contribution in [0.4, 0.5) is 17.1 Å². The molecule has 1 N–H and O–H groups in total. The Morgan fingerprint density at radius 2 is 1.85 bits per heavy atom. The van der Waals surface area contributed by atoms with Crippen LogP contribution in [-0.2, 0) is 11.2 Å². The van der Waals surface area contributed by atoms with Gasteiger partial charge in [-0.2, -0.15) is 4.73 Å². The molecular weight excluding hydrogens is 358 g/mol. The van der Waals surface area contributed by atoms with Gasteiger partial charge in [0.15, 0.2) is 6.20 Å². The molecule has 2 aromatic carbocycles. The molecule has 0 unspecified atom stereocenters. The van der Waals surface area contributed by atoms with Gasteiger partial charge in [-0.05, 0) is 60.1 Å². The van der Waals surface area contributed by atoms with Crippen LogP contribution in [0.2, 0.25) is 0 Å². The second-order valence-electron chi connectivity index (χ2n) is 6.28. The zero-order valence-corrected chi connectivity index (χ0v) is 15.5. The Hall–Kier alpha value is -2.99. The summed E-state index contributed by atoms with van der Waals surface area (Å²) in [7, 11) is 0. The molecule has 1 aliphatic rings. The number of thioether (sulfide) groups is 1. The van der Waals surface area contributed by atoms with Crippen molar-refractivity contribution in [2.75, 3.05) is 22.5 Å². The van der Waals surface area contributed by atoms with Gasteiger partial charge in [0.25, 0.3) is 5.03 Å². The lowest BCUT2D eigenvalue weighted by atomic mass is 10.2. The summed E-state index contributed by atoms with van der Waals surface area (Å²) >= 11 is 1.22. The average molecular weight is 377 g/mol. The van der Waals surface area contributed by atoms with E-state index in [1.54, 1.807) is 18.2 Å². The highest BCUT2D eigenvalue weighted by atomic mass is 32.2. The SMILES string of the molecule is O=C(CSc1cccc[n+]1[O-])Nc1ccc(N2CCc3ccccc32)cc1. The van der Waals surface area contributed by atoms with E-state index in [2.05, 4.69) is 34.5 Å². The molecule has 0 spiro atoms. The molecule has 5 nitrogen and oxygen atoms in total. The molecule has 3 aromatic rings. The Bertz CT molecular complexity index is 960. The number of para-hydroxylation sites is 1. The van der Waals surface area contributed by atoms with Crippen LogP contribution in [0.3, 0.4) is 0 Å². The van der Waals surface area contributed by atoms with E-state index >= 15 is 0 Å². The number of anilines is 3. The highest BCUT2D eigenvalue weighted by Gasteiger charge is 2.19. The summed E-state index contributed by atoms with van der Waals surface area (Å²) in [4.78, 5) is 14.4. The predicted molar refractivity (Wildman–Crippen MR) is 108 cm³/mol. The molecule has 2 heterocycles. The third kappa shape index (κ3) is 3.90. The van der Waals surface area contributed by atoms with Gasteiger partial charge in [-0.15, -0.1) is 0 Å². The van der Waals surface area contributed by atoms with Crippen molar-refractivity contribution in [3.8, 4) is 0 Å². The molecule has 0 aliphatic carbocycles. The molecule has 1 aliphatic heterocycles. The number of benzene rings is 2. The number of carbonyl (C=O) groups is 1. The average Bonchev–Trinajstić information content (AvgIpc) is 3.12. The first kappa shape index (κ1) is 17.4. The maximum Gasteiger partial charge on any atom is 0.251 e. The van der Waals surface area contributed by atoms with E-state index in [9.17, 15) is 10.0 Å². The van der Waals surface area contributed by atoms with Crippen molar-refractivity contribution in [3.05, 3.63) is 83.7 Å². The van der Waals surface area contributed by atoms with Crippen LogP contribution >= 0.6 is 11.8 Å². The van der Waals surface area contributed by atoms with Gasteiger partial charge in [0, 0.05) is 35.7 Å². The minimum absolute atomic E-state index is 0.136. The Labute approximate surface area is 162 Å². The Kier molecular flexibility index (Phi) is 4.98. The number of hydrogen-bond acceptors (Lipinski definition) is 4. The quantitative estimate of drug-likeness (QED) is 0.418. The van der Waals surface area contributed by atoms with Crippen LogP contribution < -0.4 is 14.9 Å². The van der Waals surface area contributed by atoms with Crippen LogP contribution in [-0.4, -0.2) is 18.2 Å². The van der Waals surface area contributed by atoms with Crippen molar-refractivity contribution in [1.29, 1.82) is 0 Å². The van der Waals surface area contributed by atoms with E-state index in [4.69, 9.17) is 0 Å². The number of pyridine rings is 1. The Morgan fingerprint density at radius 1 is 1.07 bits per heavy atom. The Morgan fingerprint density at radius 3 is 2.67 bits per heavy atom. The van der Waals surface area contributed by atoms with E-state index in [1.807, 2.05) is 24.3 Å². The fraction of sp³-hybridized carbons (Fsp3) is 0.143. The third-order valence-corrected chi connectivity index (χ3v) is 5.51. The molecule has 136 valence electrons. The molecule has 0 saturated heterocycles. The van der Waals surface area contributed by atoms with Crippen molar-refractivity contribution in [2.24, 2.45) is 0 Å². The first-order chi connectivity index (χ1) is 13.2. The van der Waals surface area contributed by atoms with E-state index in [1.165, 1.54) is 29.2 Å². The summed E-state index contributed by atoms with van der Waals surface area (Å²) in [5.74, 6) is 0.0520. The summed E-state index contributed by atoms with van der Waals surface area (Å²) in [5.41, 5.74) is 4.48. The number of aromatic nitrogens is 1. The smallest absolute Gasteiger partial charge is 0.251 e. The third-order valence-electron chi connectivity index (χ3n) is 4.49. The molecule has 4 rings (SSSR count). The molecular formula is C21H19N3O2S. The zero-order chi connectivity index (χ0) is 18.6. The van der Waals surface area contributed by atoms with E-state index in [0.29, 0.717) is 5.03 Å². The lowest BCUT2D eigenvalue weighted by molar-refractivity contribution is -0.645. The standard InChI is InChI=1S/C21H19N3O2S/c25-20(15-27-21-7-3-4-13-24(21)26)22-17-8-10-18(11-9-17)23-14-12-16-5-1-2-6-19(16)23/h1-11,13H,12,14-15H2,(H,22,25). The minimum atomic E-state index is -0.136. The van der Waals surface area contributed by atoms with Crippen molar-refractivity contribution in [3.63, 3.8) is 0 Å². The van der Waals surface area contributed by atoms with Gasteiger partial charge in [0.05, 0.1) is 5.75 Å². The molecule has 0 bridgehead atoms. The molecule has 1 aromatic heterocycles. The first-order valence-electron chi connectivity index (χ1n) is 8.77. The summed E-state index contributed by atoms with van der Waals surface area (Å²) in [5, 5.41) is 15.0. The van der Waals surface area contributed by atoms with Crippen molar-refractivity contribution >= 4 is 34.7 Å². The van der Waals surface area contributed by atoms with Crippen molar-refractivity contribution in [1.82, 2.24) is 0 Å². The lowest BCUT2D eigenvalue weighted by Crippen LogP contribution is -2.28. The number of hydrogen-bond donors (Lipinski definition) is 1. The van der Waals surface area contributed by atoms with E-state index in [0.717, 1.165) is 29.1 Å². The zero-order valence-electron chi connectivity index (χ0n) is 14.7. The molecule has 1 amide bonds. The second-order valence-corrected chi connectivity index (χ2v) is 7.27. The van der Waals surface area contributed by atoms with Gasteiger partial charge in [-0.1, -0.05) is 18.2 Å². The van der Waals surface area contributed by atoms with Gasteiger partial charge in [0.2, 0.25) is 5.91 Å². The van der Waals surface area contributed by atoms with Gasteiger partial charge < -0.3 is 15.4 Å². The van der Waals surface area contributed by atoms with Crippen LogP contribution in [0.1, 0.15) is 5.56 Å². The van der Waals surface area contributed by atoms with Crippen molar-refractivity contribution < 1.29 is 9.52 Å². The number of nitrogens with zero attached hydrogens (tertiary/aromatic N) is 2. The first-order valence-corrected chi connectivity index (χ1v) is 9.75. The van der Waals surface area contributed by atoms with Crippen LogP contribution in [0.5, 0.6) is 0 Å². The number of carbonyl (C=O) groups excluding carboxylic acids is 1. The summed E-state index contributed by atoms with van der Waals surface area (Å²) in [6, 6.07) is 21.5. The van der Waals surface area contributed by atoms with Crippen LogP contribution in [0.25, 0.3) is 0 Å². The molecule has 0 atom stereocenters. The summed E-state index contributed by atoms with van der Waals surface area (Å²) in [6.45, 7) is 0.966. The maximum absolute atomic E-state index is 12.1. The van der Waals surface area contributed by atoms with Gasteiger partial charge >= 0.3 is 0 Å². The predicted octanol–water partition coefficient (Wildman–Crippen LogP) is 3.75. The number of amides is 1. The summed E-state index contributed by atoms with van der Waals surface area (Å²) < 4.78 is 0.765. The van der Waals surface area contributed by atoms with Crippen LogP contribution in [0.15, 0.2) is 78.0 Å². The fourth-order valence-corrected chi connectivity index (χ4v) is 3.91. The van der Waals surface area contributed by atoms with Crippen LogP contribution in [0, 0.1) is 5.21 Å². The minimum Gasteiger partial charge on any atom is -0.618 e. The molecule has 6 heteroatoms. The molecule has 0 saturated carbocycles. The summed E-state index contributed by atoms with van der Waals surface area (Å²) in [6.07, 6.45) is 2.47. The van der Waals surface area contributed by atoms with Gasteiger partial charge in [-0.3, -0.25) is 4.79 Å². The second kappa shape index (κ2) is 7.72. The van der Waals surface area contributed by atoms with Crippen molar-refractivity contribution in [2.45, 2.75) is 11.4 Å². The topological polar surface area (TPSA) is 59.3 Å². The number of fused-ring (bicyclic) bond motifs is 1. The molecule has 0 fully saturated rings. The Balaban J connectivity index is 1.37. The van der Waals surface area contributed by atoms with E-state index in [-0.39, 0.29) is 11.7 Å². The lowest BCUT2D eigenvalue weighted by Gasteiger charge is -2.20. The molecule has 27 heavy (non-hydrogen) atoms. The molecule has 0 radical (unpaired) electrons. The van der Waals surface area contributed by atoms with E-state index < -0.39 is 0 Å². The fourth-order valence-electron chi connectivity index (χ4n) is 3.19.